The smallest absolute Gasteiger partial charge is 0.278 e. The van der Waals surface area contributed by atoms with Crippen molar-refractivity contribution < 1.29 is 9.85 Å². The summed E-state index contributed by atoms with van der Waals surface area (Å²) >= 11 is 5.75. The highest BCUT2D eigenvalue weighted by Crippen LogP contribution is 2.25. The molecule has 0 aliphatic rings. The van der Waals surface area contributed by atoms with Crippen LogP contribution in [0.2, 0.25) is 5.02 Å². The normalized spacial score (nSPS) is 11.1. The minimum absolute atomic E-state index is 0.0400. The van der Waals surface area contributed by atoms with Gasteiger partial charge < -0.3 is 0 Å². The van der Waals surface area contributed by atoms with E-state index in [9.17, 15) is 20.2 Å². The highest BCUT2D eigenvalue weighted by molar-refractivity contribution is 6.32. The molecule has 2 rings (SSSR count). The van der Waals surface area contributed by atoms with E-state index in [1.807, 2.05) is 0 Å². The van der Waals surface area contributed by atoms with E-state index < -0.39 is 9.85 Å². The zero-order valence-corrected chi connectivity index (χ0v) is 12.6. The van der Waals surface area contributed by atoms with Gasteiger partial charge >= 0.3 is 0 Å². The first-order valence-electron chi connectivity index (χ1n) is 6.37. The third-order valence-corrected chi connectivity index (χ3v) is 3.29. The van der Waals surface area contributed by atoms with Gasteiger partial charge in [-0.15, -0.1) is 0 Å². The number of hydrazone groups is 1. The second-order valence-corrected chi connectivity index (χ2v) is 4.95. The molecule has 118 valence electrons. The number of hydrogen-bond donors (Lipinski definition) is 1. The number of anilines is 1. The molecule has 0 fully saturated rings. The number of halogens is 1. The Kier molecular flexibility index (Phi) is 4.87. The Morgan fingerprint density at radius 1 is 1.13 bits per heavy atom. The highest BCUT2D eigenvalue weighted by Gasteiger charge is 2.13. The van der Waals surface area contributed by atoms with Gasteiger partial charge in [-0.3, -0.25) is 25.7 Å². The van der Waals surface area contributed by atoms with E-state index in [1.54, 1.807) is 19.1 Å². The van der Waals surface area contributed by atoms with Crippen LogP contribution in [0.4, 0.5) is 17.1 Å². The molecule has 0 amide bonds. The molecular weight excluding hydrogens is 324 g/mol. The van der Waals surface area contributed by atoms with Crippen LogP contribution in [0.5, 0.6) is 0 Å². The van der Waals surface area contributed by atoms with Crippen molar-refractivity contribution in [2.45, 2.75) is 6.92 Å². The number of hydrogen-bond acceptors (Lipinski definition) is 6. The molecule has 0 aliphatic heterocycles. The van der Waals surface area contributed by atoms with Crippen LogP contribution in [0.1, 0.15) is 12.5 Å². The van der Waals surface area contributed by atoms with Gasteiger partial charge in [0.05, 0.1) is 21.2 Å². The third kappa shape index (κ3) is 4.01. The molecule has 1 N–H and O–H groups in total. The first-order valence-corrected chi connectivity index (χ1v) is 6.75. The quantitative estimate of drug-likeness (QED) is 0.504. The number of nitro groups is 2. The van der Waals surface area contributed by atoms with Crippen molar-refractivity contribution in [2.24, 2.45) is 5.10 Å². The van der Waals surface area contributed by atoms with Crippen molar-refractivity contribution in [1.29, 1.82) is 0 Å². The van der Waals surface area contributed by atoms with Crippen molar-refractivity contribution >= 4 is 34.4 Å². The number of rotatable bonds is 5. The molecule has 23 heavy (non-hydrogen) atoms. The molecule has 8 nitrogen and oxygen atoms in total. The second kappa shape index (κ2) is 6.84. The molecule has 0 aromatic heterocycles. The average Bonchev–Trinajstić information content (AvgIpc) is 2.53. The van der Waals surface area contributed by atoms with Crippen LogP contribution in [-0.2, 0) is 0 Å². The largest absolute Gasteiger partial charge is 0.288 e. The number of nitrogens with zero attached hydrogens (tertiary/aromatic N) is 3. The number of nitrogens with one attached hydrogen (secondary N) is 1. The molecule has 0 spiro atoms. The molecule has 9 heteroatoms. The monoisotopic (exact) mass is 334 g/mol. The van der Waals surface area contributed by atoms with E-state index in [1.165, 1.54) is 30.3 Å². The zero-order chi connectivity index (χ0) is 17.0. The standard InChI is InChI=1S/C14H11ClN4O4/c1-9(10-5-6-13(15)14(7-10)19(22)23)16-17-11-3-2-4-12(8-11)18(20)21/h2-8,17H,1H3/b16-9-. The lowest BCUT2D eigenvalue weighted by Crippen LogP contribution is -2.01. The maximum Gasteiger partial charge on any atom is 0.288 e. The van der Waals surface area contributed by atoms with Gasteiger partial charge in [0.25, 0.3) is 11.4 Å². The molecule has 2 aromatic rings. The molecule has 0 heterocycles. The van der Waals surface area contributed by atoms with Crippen molar-refractivity contribution in [1.82, 2.24) is 0 Å². The van der Waals surface area contributed by atoms with Crippen LogP contribution in [0.3, 0.4) is 0 Å². The molecule has 2 aromatic carbocycles. The molecule has 0 radical (unpaired) electrons. The fraction of sp³-hybridized carbons (Fsp3) is 0.0714. The lowest BCUT2D eigenvalue weighted by molar-refractivity contribution is -0.384. The van der Waals surface area contributed by atoms with Crippen molar-refractivity contribution in [3.05, 3.63) is 73.3 Å². The Labute approximate surface area is 135 Å². The summed E-state index contributed by atoms with van der Waals surface area (Å²) in [6, 6.07) is 10.2. The minimum atomic E-state index is -0.576. The summed E-state index contributed by atoms with van der Waals surface area (Å²) in [5, 5.41) is 25.7. The van der Waals surface area contributed by atoms with Crippen molar-refractivity contribution in [2.75, 3.05) is 5.43 Å². The number of nitro benzene ring substituents is 2. The molecule has 0 saturated heterocycles. The first-order chi connectivity index (χ1) is 10.9. The van der Waals surface area contributed by atoms with E-state index in [-0.39, 0.29) is 16.4 Å². The fourth-order valence-electron chi connectivity index (χ4n) is 1.78. The molecule has 0 atom stereocenters. The van der Waals surface area contributed by atoms with Crippen LogP contribution in [-0.4, -0.2) is 15.6 Å². The van der Waals surface area contributed by atoms with E-state index in [0.717, 1.165) is 0 Å². The van der Waals surface area contributed by atoms with Gasteiger partial charge in [0.15, 0.2) is 0 Å². The fourth-order valence-corrected chi connectivity index (χ4v) is 1.97. The molecular formula is C14H11ClN4O4. The van der Waals surface area contributed by atoms with Gasteiger partial charge in [0.1, 0.15) is 5.02 Å². The first kappa shape index (κ1) is 16.4. The van der Waals surface area contributed by atoms with E-state index in [0.29, 0.717) is 17.0 Å². The van der Waals surface area contributed by atoms with Crippen LogP contribution >= 0.6 is 11.6 Å². The van der Waals surface area contributed by atoms with Crippen molar-refractivity contribution in [3.63, 3.8) is 0 Å². The Hall–Kier alpha value is -3.00. The summed E-state index contributed by atoms with van der Waals surface area (Å²) in [6.45, 7) is 1.65. The summed E-state index contributed by atoms with van der Waals surface area (Å²) in [6.07, 6.45) is 0. The van der Waals surface area contributed by atoms with Crippen LogP contribution in [0.15, 0.2) is 47.6 Å². The Morgan fingerprint density at radius 3 is 2.52 bits per heavy atom. The topological polar surface area (TPSA) is 111 Å². The SMILES string of the molecule is C/C(=N/Nc1cccc([N+](=O)[O-])c1)c1ccc(Cl)c([N+](=O)[O-])c1. The summed E-state index contributed by atoms with van der Waals surface area (Å²) in [5.74, 6) is 0. The zero-order valence-electron chi connectivity index (χ0n) is 11.9. The highest BCUT2D eigenvalue weighted by atomic mass is 35.5. The maximum absolute atomic E-state index is 10.9. The molecule has 0 unspecified atom stereocenters. The molecule has 0 saturated carbocycles. The summed E-state index contributed by atoms with van der Waals surface area (Å²) < 4.78 is 0. The number of non-ortho nitro benzene ring substituents is 1. The average molecular weight is 335 g/mol. The molecule has 0 aliphatic carbocycles. The van der Waals surface area contributed by atoms with E-state index in [4.69, 9.17) is 11.6 Å². The minimum Gasteiger partial charge on any atom is -0.278 e. The van der Waals surface area contributed by atoms with E-state index in [2.05, 4.69) is 10.5 Å². The van der Waals surface area contributed by atoms with Gasteiger partial charge in [0, 0.05) is 23.8 Å². The van der Waals surface area contributed by atoms with Crippen LogP contribution in [0, 0.1) is 20.2 Å². The Morgan fingerprint density at radius 2 is 1.87 bits per heavy atom. The predicted octanol–water partition coefficient (Wildman–Crippen LogP) is 3.99. The summed E-state index contributed by atoms with van der Waals surface area (Å²) in [4.78, 5) is 20.5. The van der Waals surface area contributed by atoms with Gasteiger partial charge in [-0.2, -0.15) is 5.10 Å². The van der Waals surface area contributed by atoms with Gasteiger partial charge in [-0.05, 0) is 19.1 Å². The summed E-state index contributed by atoms with van der Waals surface area (Å²) in [5.41, 5.74) is 3.82. The Bertz CT molecular complexity index is 807. The van der Waals surface area contributed by atoms with E-state index >= 15 is 0 Å². The van der Waals surface area contributed by atoms with Gasteiger partial charge in [-0.1, -0.05) is 23.7 Å². The van der Waals surface area contributed by atoms with Gasteiger partial charge in [0.2, 0.25) is 0 Å². The Balaban J connectivity index is 2.23. The van der Waals surface area contributed by atoms with Crippen LogP contribution < -0.4 is 5.43 Å². The second-order valence-electron chi connectivity index (χ2n) is 4.54. The lowest BCUT2D eigenvalue weighted by atomic mass is 10.1. The third-order valence-electron chi connectivity index (χ3n) is 2.97. The maximum atomic E-state index is 10.9. The van der Waals surface area contributed by atoms with Crippen LogP contribution in [0.25, 0.3) is 0 Å². The predicted molar refractivity (Wildman–Crippen MR) is 87.0 cm³/mol. The lowest BCUT2D eigenvalue weighted by Gasteiger charge is -2.04. The number of benzene rings is 2. The summed E-state index contributed by atoms with van der Waals surface area (Å²) in [7, 11) is 0. The molecule has 0 bridgehead atoms. The van der Waals surface area contributed by atoms with Gasteiger partial charge in [-0.25, -0.2) is 0 Å². The van der Waals surface area contributed by atoms with Crippen molar-refractivity contribution in [3.8, 4) is 0 Å².